The van der Waals surface area contributed by atoms with Crippen LogP contribution in [0.25, 0.3) is 0 Å². The Kier molecular flexibility index (Phi) is 1.47. The van der Waals surface area contributed by atoms with Crippen LogP contribution in [-0.2, 0) is 4.79 Å². The van der Waals surface area contributed by atoms with Gasteiger partial charge in [0.15, 0.2) is 0 Å². The minimum absolute atomic E-state index is 0.0920. The van der Waals surface area contributed by atoms with E-state index in [1.807, 2.05) is 0 Å². The standard InChI is InChI=1S/C11H18O/c1-8(2)11-5-4-10(3,7-11)6-9(11)12/h8H,4-7H2,1-3H3/t10-,11-/m1/s1. The first-order valence-electron chi connectivity index (χ1n) is 5.02. The Hall–Kier alpha value is -0.330. The van der Waals surface area contributed by atoms with Crippen LogP contribution in [0.2, 0.25) is 0 Å². The third-order valence-electron chi connectivity index (χ3n) is 4.16. The first-order valence-corrected chi connectivity index (χ1v) is 5.02. The number of carbonyl (C=O) groups excluding carboxylic acids is 1. The Bertz CT molecular complexity index is 231. The normalized spacial score (nSPS) is 46.2. The molecule has 2 bridgehead atoms. The maximum atomic E-state index is 11.8. The summed E-state index contributed by atoms with van der Waals surface area (Å²) in [5.74, 6) is 1.10. The van der Waals surface area contributed by atoms with Crippen LogP contribution in [0.1, 0.15) is 46.5 Å². The van der Waals surface area contributed by atoms with Gasteiger partial charge in [0.2, 0.25) is 0 Å². The Morgan fingerprint density at radius 3 is 2.25 bits per heavy atom. The Morgan fingerprint density at radius 2 is 2.00 bits per heavy atom. The third kappa shape index (κ3) is 0.826. The number of fused-ring (bicyclic) bond motifs is 2. The van der Waals surface area contributed by atoms with E-state index < -0.39 is 0 Å². The second-order valence-corrected chi connectivity index (χ2v) is 5.40. The van der Waals surface area contributed by atoms with E-state index in [2.05, 4.69) is 20.8 Å². The molecule has 0 unspecified atom stereocenters. The van der Waals surface area contributed by atoms with Crippen LogP contribution in [0.5, 0.6) is 0 Å². The fourth-order valence-electron chi connectivity index (χ4n) is 3.23. The van der Waals surface area contributed by atoms with Crippen LogP contribution < -0.4 is 0 Å². The second kappa shape index (κ2) is 2.12. The fraction of sp³-hybridized carbons (Fsp3) is 0.909. The zero-order chi connectivity index (χ0) is 8.98. The van der Waals surface area contributed by atoms with Crippen molar-refractivity contribution in [3.05, 3.63) is 0 Å². The SMILES string of the molecule is CC(C)[C@]12CC[C@](C)(CC1=O)C2. The Morgan fingerprint density at radius 1 is 1.33 bits per heavy atom. The highest BCUT2D eigenvalue weighted by molar-refractivity contribution is 5.89. The van der Waals surface area contributed by atoms with Gasteiger partial charge in [0.1, 0.15) is 5.78 Å². The van der Waals surface area contributed by atoms with Gasteiger partial charge in [0, 0.05) is 11.8 Å². The van der Waals surface area contributed by atoms with Gasteiger partial charge in [-0.1, -0.05) is 20.8 Å². The highest BCUT2D eigenvalue weighted by atomic mass is 16.1. The van der Waals surface area contributed by atoms with Crippen molar-refractivity contribution in [3.8, 4) is 0 Å². The van der Waals surface area contributed by atoms with Crippen LogP contribution in [0.15, 0.2) is 0 Å². The van der Waals surface area contributed by atoms with Crippen molar-refractivity contribution in [2.75, 3.05) is 0 Å². The molecule has 0 saturated heterocycles. The summed E-state index contributed by atoms with van der Waals surface area (Å²) in [5, 5.41) is 0. The van der Waals surface area contributed by atoms with Gasteiger partial charge < -0.3 is 0 Å². The first-order chi connectivity index (χ1) is 5.49. The average Bonchev–Trinajstić information content (AvgIpc) is 2.39. The van der Waals surface area contributed by atoms with E-state index in [1.165, 1.54) is 6.42 Å². The Labute approximate surface area is 74.5 Å². The number of rotatable bonds is 1. The topological polar surface area (TPSA) is 17.1 Å². The summed E-state index contributed by atoms with van der Waals surface area (Å²) in [6.07, 6.45) is 4.44. The summed E-state index contributed by atoms with van der Waals surface area (Å²) in [6.45, 7) is 6.69. The molecule has 0 radical (unpaired) electrons. The lowest BCUT2D eigenvalue weighted by atomic mass is 9.74. The zero-order valence-corrected chi connectivity index (χ0v) is 8.31. The van der Waals surface area contributed by atoms with Gasteiger partial charge in [-0.05, 0) is 30.6 Å². The van der Waals surface area contributed by atoms with Gasteiger partial charge >= 0.3 is 0 Å². The van der Waals surface area contributed by atoms with Crippen LogP contribution >= 0.6 is 0 Å². The van der Waals surface area contributed by atoms with Crippen LogP contribution in [0, 0.1) is 16.7 Å². The molecule has 0 aromatic heterocycles. The lowest BCUT2D eigenvalue weighted by molar-refractivity contribution is -0.129. The molecule has 0 aliphatic heterocycles. The van der Waals surface area contributed by atoms with Gasteiger partial charge in [-0.3, -0.25) is 4.79 Å². The van der Waals surface area contributed by atoms with E-state index in [9.17, 15) is 4.79 Å². The smallest absolute Gasteiger partial charge is 0.139 e. The molecule has 68 valence electrons. The largest absolute Gasteiger partial charge is 0.299 e. The first kappa shape index (κ1) is 8.28. The number of hydrogen-bond acceptors (Lipinski definition) is 1. The predicted octanol–water partition coefficient (Wildman–Crippen LogP) is 2.79. The molecule has 1 nitrogen and oxygen atoms in total. The molecule has 0 spiro atoms. The van der Waals surface area contributed by atoms with E-state index in [0.717, 1.165) is 19.3 Å². The molecule has 2 aliphatic carbocycles. The van der Waals surface area contributed by atoms with Crippen molar-refractivity contribution < 1.29 is 4.79 Å². The molecule has 0 N–H and O–H groups in total. The van der Waals surface area contributed by atoms with Gasteiger partial charge in [0.05, 0.1) is 0 Å². The third-order valence-corrected chi connectivity index (χ3v) is 4.16. The molecular weight excluding hydrogens is 148 g/mol. The van der Waals surface area contributed by atoms with E-state index >= 15 is 0 Å². The molecule has 2 rings (SSSR count). The molecule has 2 fully saturated rings. The van der Waals surface area contributed by atoms with Crippen molar-refractivity contribution >= 4 is 5.78 Å². The quantitative estimate of drug-likeness (QED) is 0.585. The van der Waals surface area contributed by atoms with E-state index in [-0.39, 0.29) is 5.41 Å². The summed E-state index contributed by atoms with van der Waals surface area (Å²) in [7, 11) is 0. The Balaban J connectivity index is 2.34. The summed E-state index contributed by atoms with van der Waals surface area (Å²) in [4.78, 5) is 11.8. The lowest BCUT2D eigenvalue weighted by Crippen LogP contribution is -2.30. The minimum Gasteiger partial charge on any atom is -0.299 e. The minimum atomic E-state index is 0.0920. The maximum absolute atomic E-state index is 11.8. The second-order valence-electron chi connectivity index (χ2n) is 5.40. The average molecular weight is 166 g/mol. The molecule has 0 aromatic carbocycles. The van der Waals surface area contributed by atoms with Crippen LogP contribution in [0.4, 0.5) is 0 Å². The highest BCUT2D eigenvalue weighted by Crippen LogP contribution is 2.62. The molecule has 2 atom stereocenters. The van der Waals surface area contributed by atoms with Gasteiger partial charge in [-0.15, -0.1) is 0 Å². The molecule has 12 heavy (non-hydrogen) atoms. The van der Waals surface area contributed by atoms with Gasteiger partial charge in [-0.25, -0.2) is 0 Å². The lowest BCUT2D eigenvalue weighted by Gasteiger charge is -2.29. The molecule has 1 heteroatoms. The summed E-state index contributed by atoms with van der Waals surface area (Å²) < 4.78 is 0. The summed E-state index contributed by atoms with van der Waals surface area (Å²) >= 11 is 0. The van der Waals surface area contributed by atoms with Crippen molar-refractivity contribution in [1.29, 1.82) is 0 Å². The number of Topliss-reactive ketones (excluding diaryl/α,β-unsaturated/α-hetero) is 1. The number of ketones is 1. The van der Waals surface area contributed by atoms with Gasteiger partial charge in [-0.2, -0.15) is 0 Å². The van der Waals surface area contributed by atoms with Crippen molar-refractivity contribution in [1.82, 2.24) is 0 Å². The van der Waals surface area contributed by atoms with E-state index in [1.54, 1.807) is 0 Å². The highest BCUT2D eigenvalue weighted by Gasteiger charge is 2.58. The van der Waals surface area contributed by atoms with E-state index in [0.29, 0.717) is 17.1 Å². The van der Waals surface area contributed by atoms with Crippen LogP contribution in [-0.4, -0.2) is 5.78 Å². The van der Waals surface area contributed by atoms with Crippen molar-refractivity contribution in [3.63, 3.8) is 0 Å². The maximum Gasteiger partial charge on any atom is 0.139 e. The summed E-state index contributed by atoms with van der Waals surface area (Å²) in [5.41, 5.74) is 0.468. The number of carbonyl (C=O) groups is 1. The van der Waals surface area contributed by atoms with Crippen molar-refractivity contribution in [2.24, 2.45) is 16.7 Å². The molecular formula is C11H18O. The molecule has 2 saturated carbocycles. The molecule has 0 amide bonds. The summed E-state index contributed by atoms with van der Waals surface area (Å²) in [6, 6.07) is 0. The van der Waals surface area contributed by atoms with Crippen molar-refractivity contribution in [2.45, 2.75) is 46.5 Å². The number of hydrogen-bond donors (Lipinski definition) is 0. The van der Waals surface area contributed by atoms with Crippen LogP contribution in [0.3, 0.4) is 0 Å². The molecule has 2 aliphatic rings. The predicted molar refractivity (Wildman–Crippen MR) is 48.9 cm³/mol. The fourth-order valence-corrected chi connectivity index (χ4v) is 3.23. The van der Waals surface area contributed by atoms with E-state index in [4.69, 9.17) is 0 Å². The monoisotopic (exact) mass is 166 g/mol. The molecule has 0 heterocycles. The molecule has 0 aromatic rings. The zero-order valence-electron chi connectivity index (χ0n) is 8.31. The van der Waals surface area contributed by atoms with Gasteiger partial charge in [0.25, 0.3) is 0 Å².